The monoisotopic (exact) mass is 503 g/mol. The fourth-order valence-electron chi connectivity index (χ4n) is 3.27. The molecule has 0 saturated heterocycles. The second-order valence-corrected chi connectivity index (χ2v) is 7.94. The molecule has 0 aliphatic heterocycles. The van der Waals surface area contributed by atoms with E-state index >= 15 is 0 Å². The van der Waals surface area contributed by atoms with Gasteiger partial charge in [0.2, 0.25) is 0 Å². The summed E-state index contributed by atoms with van der Waals surface area (Å²) in [5, 5.41) is 16.9. The molecule has 4 aromatic rings. The molecule has 0 aliphatic carbocycles. The first-order valence-corrected chi connectivity index (χ1v) is 10.8. The molecule has 0 fully saturated rings. The van der Waals surface area contributed by atoms with Crippen LogP contribution in [0.1, 0.15) is 21.5 Å². The van der Waals surface area contributed by atoms with Crippen molar-refractivity contribution in [3.63, 3.8) is 0 Å². The number of benzene rings is 4. The molecule has 0 aliphatic rings. The lowest BCUT2D eigenvalue weighted by Gasteiger charge is -2.12. The highest BCUT2D eigenvalue weighted by molar-refractivity contribution is 9.10. The van der Waals surface area contributed by atoms with Crippen LogP contribution in [0.2, 0.25) is 0 Å². The van der Waals surface area contributed by atoms with Gasteiger partial charge in [0.15, 0.2) is 0 Å². The predicted molar refractivity (Wildman–Crippen MR) is 131 cm³/mol. The Balaban J connectivity index is 1.57. The molecule has 1 amide bonds. The molecule has 0 saturated carbocycles. The molecule has 0 aromatic heterocycles. The van der Waals surface area contributed by atoms with E-state index in [9.17, 15) is 14.9 Å². The number of non-ortho nitro benzene ring substituents is 1. The lowest BCUT2D eigenvalue weighted by atomic mass is 10.0. The first kappa shape index (κ1) is 22.2. The number of amides is 1. The third kappa shape index (κ3) is 5.24. The quantitative estimate of drug-likeness (QED) is 0.194. The number of carbonyl (C=O) groups excluding carboxylic acids is 1. The second-order valence-electron chi connectivity index (χ2n) is 7.09. The third-order valence-electron chi connectivity index (χ3n) is 4.95. The molecule has 0 unspecified atom stereocenters. The van der Waals surface area contributed by atoms with E-state index in [1.54, 1.807) is 36.5 Å². The number of ether oxygens (including phenoxy) is 1. The number of hydrogen-bond acceptors (Lipinski definition) is 5. The summed E-state index contributed by atoms with van der Waals surface area (Å²) in [6.07, 6.45) is 1.56. The lowest BCUT2D eigenvalue weighted by molar-refractivity contribution is -0.384. The SMILES string of the molecule is O=C(N/N=C/c1c(OCc2ccc([N+](=O)[O-])cc2)ccc2ccccc12)c1ccccc1Br. The zero-order chi connectivity index (χ0) is 23.2. The molecular formula is C25H18BrN3O4. The molecular weight excluding hydrogens is 486 g/mol. The molecule has 33 heavy (non-hydrogen) atoms. The molecule has 0 heterocycles. The number of nitrogens with zero attached hydrogens (tertiary/aromatic N) is 2. The summed E-state index contributed by atoms with van der Waals surface area (Å²) in [4.78, 5) is 22.9. The minimum Gasteiger partial charge on any atom is -0.488 e. The van der Waals surface area contributed by atoms with Gasteiger partial charge in [0.05, 0.1) is 16.7 Å². The number of rotatable bonds is 7. The lowest BCUT2D eigenvalue weighted by Crippen LogP contribution is -2.18. The van der Waals surface area contributed by atoms with Gasteiger partial charge in [-0.15, -0.1) is 0 Å². The minimum atomic E-state index is -0.440. The number of nitro groups is 1. The van der Waals surface area contributed by atoms with Crippen LogP contribution in [0.3, 0.4) is 0 Å². The van der Waals surface area contributed by atoms with Crippen LogP contribution < -0.4 is 10.2 Å². The highest BCUT2D eigenvalue weighted by atomic mass is 79.9. The van der Waals surface area contributed by atoms with Crippen LogP contribution in [0.25, 0.3) is 10.8 Å². The minimum absolute atomic E-state index is 0.0260. The largest absolute Gasteiger partial charge is 0.488 e. The number of nitro benzene ring substituents is 1. The fraction of sp³-hybridized carbons (Fsp3) is 0.0400. The van der Waals surface area contributed by atoms with Gasteiger partial charge in [-0.1, -0.05) is 42.5 Å². The molecule has 8 heteroatoms. The summed E-state index contributed by atoms with van der Waals surface area (Å²) in [6, 6.07) is 24.9. The molecule has 0 bridgehead atoms. The number of hydrogen-bond donors (Lipinski definition) is 1. The Kier molecular flexibility index (Phi) is 6.75. The van der Waals surface area contributed by atoms with Crippen molar-refractivity contribution in [3.8, 4) is 5.75 Å². The Morgan fingerprint density at radius 1 is 1.00 bits per heavy atom. The van der Waals surface area contributed by atoms with Crippen molar-refractivity contribution in [1.82, 2.24) is 5.43 Å². The number of carbonyl (C=O) groups is 1. The van der Waals surface area contributed by atoms with Crippen LogP contribution >= 0.6 is 15.9 Å². The summed E-state index contributed by atoms with van der Waals surface area (Å²) >= 11 is 3.36. The Hall–Kier alpha value is -4.04. The van der Waals surface area contributed by atoms with Crippen molar-refractivity contribution in [3.05, 3.63) is 116 Å². The normalized spacial score (nSPS) is 10.9. The standard InChI is InChI=1S/C25H18BrN3O4/c26-23-8-4-3-7-21(23)25(30)28-27-15-22-20-6-2-1-5-18(20)11-14-24(22)33-16-17-9-12-19(13-10-17)29(31)32/h1-15H,16H2,(H,28,30)/b27-15+. The Bertz CT molecular complexity index is 1350. The van der Waals surface area contributed by atoms with Crippen molar-refractivity contribution in [1.29, 1.82) is 0 Å². The van der Waals surface area contributed by atoms with Gasteiger partial charge in [-0.05, 0) is 62.6 Å². The van der Waals surface area contributed by atoms with Crippen molar-refractivity contribution in [2.45, 2.75) is 6.61 Å². The molecule has 1 N–H and O–H groups in total. The zero-order valence-electron chi connectivity index (χ0n) is 17.3. The molecule has 4 rings (SSSR count). The third-order valence-corrected chi connectivity index (χ3v) is 5.64. The van der Waals surface area contributed by atoms with Crippen LogP contribution in [0.5, 0.6) is 5.75 Å². The predicted octanol–water partition coefficient (Wildman–Crippen LogP) is 5.85. The Morgan fingerprint density at radius 3 is 2.48 bits per heavy atom. The van der Waals surface area contributed by atoms with Gasteiger partial charge < -0.3 is 4.74 Å². The molecule has 7 nitrogen and oxygen atoms in total. The van der Waals surface area contributed by atoms with Gasteiger partial charge in [0.25, 0.3) is 11.6 Å². The summed E-state index contributed by atoms with van der Waals surface area (Å²) in [5.41, 5.74) is 4.55. The van der Waals surface area contributed by atoms with Crippen molar-refractivity contribution in [2.24, 2.45) is 5.10 Å². The zero-order valence-corrected chi connectivity index (χ0v) is 18.9. The molecule has 0 atom stereocenters. The number of fused-ring (bicyclic) bond motifs is 1. The summed E-state index contributed by atoms with van der Waals surface area (Å²) in [7, 11) is 0. The average molecular weight is 504 g/mol. The van der Waals surface area contributed by atoms with Crippen molar-refractivity contribution < 1.29 is 14.5 Å². The number of halogens is 1. The van der Waals surface area contributed by atoms with E-state index in [4.69, 9.17) is 4.74 Å². The molecule has 0 radical (unpaired) electrons. The molecule has 4 aromatic carbocycles. The van der Waals surface area contributed by atoms with Crippen LogP contribution in [-0.4, -0.2) is 17.0 Å². The maximum absolute atomic E-state index is 12.5. The van der Waals surface area contributed by atoms with Gasteiger partial charge in [0, 0.05) is 22.2 Å². The van der Waals surface area contributed by atoms with Gasteiger partial charge in [0.1, 0.15) is 12.4 Å². The van der Waals surface area contributed by atoms with Gasteiger partial charge in [-0.3, -0.25) is 14.9 Å². The maximum Gasteiger partial charge on any atom is 0.272 e. The van der Waals surface area contributed by atoms with E-state index in [0.29, 0.717) is 21.3 Å². The number of nitrogens with one attached hydrogen (secondary N) is 1. The maximum atomic E-state index is 12.5. The fourth-order valence-corrected chi connectivity index (χ4v) is 3.74. The average Bonchev–Trinajstić information content (AvgIpc) is 2.83. The Labute approximate surface area is 198 Å². The Morgan fingerprint density at radius 2 is 1.73 bits per heavy atom. The topological polar surface area (TPSA) is 93.8 Å². The highest BCUT2D eigenvalue weighted by Crippen LogP contribution is 2.27. The molecule has 164 valence electrons. The van der Waals surface area contributed by atoms with Crippen molar-refractivity contribution >= 4 is 44.5 Å². The van der Waals surface area contributed by atoms with Crippen molar-refractivity contribution in [2.75, 3.05) is 0 Å². The number of hydrazone groups is 1. The first-order chi connectivity index (χ1) is 16.0. The highest BCUT2D eigenvalue weighted by Gasteiger charge is 2.11. The second kappa shape index (κ2) is 10.1. The van der Waals surface area contributed by atoms with Crippen LogP contribution in [0.15, 0.2) is 94.5 Å². The summed E-state index contributed by atoms with van der Waals surface area (Å²) in [6.45, 7) is 0.223. The first-order valence-electron chi connectivity index (χ1n) is 9.99. The molecule has 0 spiro atoms. The smallest absolute Gasteiger partial charge is 0.272 e. The van der Waals surface area contributed by atoms with E-state index in [0.717, 1.165) is 16.3 Å². The van der Waals surface area contributed by atoms with Crippen LogP contribution in [0, 0.1) is 10.1 Å². The van der Waals surface area contributed by atoms with Crippen LogP contribution in [0.4, 0.5) is 5.69 Å². The van der Waals surface area contributed by atoms with Gasteiger partial charge in [-0.2, -0.15) is 5.10 Å². The summed E-state index contributed by atoms with van der Waals surface area (Å²) in [5.74, 6) is 0.234. The van der Waals surface area contributed by atoms with E-state index < -0.39 is 4.92 Å². The van der Waals surface area contributed by atoms with E-state index in [-0.39, 0.29) is 18.2 Å². The van der Waals surface area contributed by atoms with E-state index in [1.807, 2.05) is 42.5 Å². The van der Waals surface area contributed by atoms with Crippen LogP contribution in [-0.2, 0) is 6.61 Å². The van der Waals surface area contributed by atoms with Gasteiger partial charge in [-0.25, -0.2) is 5.43 Å². The van der Waals surface area contributed by atoms with E-state index in [2.05, 4.69) is 26.5 Å². The van der Waals surface area contributed by atoms with E-state index in [1.165, 1.54) is 12.1 Å². The summed E-state index contributed by atoms with van der Waals surface area (Å²) < 4.78 is 6.69. The van der Waals surface area contributed by atoms with Gasteiger partial charge >= 0.3 is 0 Å².